The minimum absolute atomic E-state index is 0.549. The number of nitrogens with zero attached hydrogens (tertiary/aromatic N) is 2. The molecule has 1 aliphatic carbocycles. The first-order chi connectivity index (χ1) is 9.70. The maximum absolute atomic E-state index is 6.15. The van der Waals surface area contributed by atoms with E-state index in [0.29, 0.717) is 18.5 Å². The van der Waals surface area contributed by atoms with Crippen molar-refractivity contribution in [2.45, 2.75) is 32.4 Å². The van der Waals surface area contributed by atoms with E-state index in [4.69, 9.17) is 11.6 Å². The summed E-state index contributed by atoms with van der Waals surface area (Å²) in [5.41, 5.74) is 2.01. The van der Waals surface area contributed by atoms with Gasteiger partial charge in [-0.2, -0.15) is 4.98 Å². The number of hydrogen-bond acceptors (Lipinski definition) is 4. The van der Waals surface area contributed by atoms with Gasteiger partial charge in [0.1, 0.15) is 5.82 Å². The number of hydrogen-bond donors (Lipinski definition) is 2. The molecule has 3 rings (SSSR count). The highest BCUT2D eigenvalue weighted by molar-refractivity contribution is 6.31. The van der Waals surface area contributed by atoms with Crippen molar-refractivity contribution in [2.24, 2.45) is 0 Å². The standard InChI is InChI=1S/C15H17ClN4/c1-10-8-14(20-15(18-10)19-12-6-7-12)17-9-11-4-2-3-5-13(11)16/h2-5,8,12H,6-7,9H2,1H3,(H2,17,18,19,20). The zero-order chi connectivity index (χ0) is 13.9. The minimum atomic E-state index is 0.549. The quantitative estimate of drug-likeness (QED) is 0.882. The fraction of sp³-hybridized carbons (Fsp3) is 0.333. The second-order valence-corrected chi connectivity index (χ2v) is 5.49. The predicted octanol–water partition coefficient (Wildman–Crippen LogP) is 3.62. The third kappa shape index (κ3) is 3.39. The molecule has 1 fully saturated rings. The Morgan fingerprint density at radius 1 is 1.25 bits per heavy atom. The van der Waals surface area contributed by atoms with Crippen molar-refractivity contribution < 1.29 is 0 Å². The summed E-state index contributed by atoms with van der Waals surface area (Å²) in [6, 6.07) is 10.3. The van der Waals surface area contributed by atoms with Crippen LogP contribution >= 0.6 is 11.6 Å². The van der Waals surface area contributed by atoms with E-state index in [9.17, 15) is 0 Å². The molecule has 0 bridgehead atoms. The molecule has 2 N–H and O–H groups in total. The molecule has 5 heteroatoms. The molecule has 0 saturated heterocycles. The van der Waals surface area contributed by atoms with Crippen molar-refractivity contribution in [3.05, 3.63) is 46.6 Å². The van der Waals surface area contributed by atoms with Crippen LogP contribution in [0, 0.1) is 6.92 Å². The van der Waals surface area contributed by atoms with Crippen LogP contribution in [-0.2, 0) is 6.54 Å². The molecule has 0 atom stereocenters. The first-order valence-electron chi connectivity index (χ1n) is 6.80. The summed E-state index contributed by atoms with van der Waals surface area (Å²) in [5.74, 6) is 1.52. The Balaban J connectivity index is 1.70. The lowest BCUT2D eigenvalue weighted by Gasteiger charge is -2.10. The average molecular weight is 289 g/mol. The minimum Gasteiger partial charge on any atom is -0.366 e. The summed E-state index contributed by atoms with van der Waals surface area (Å²) >= 11 is 6.15. The zero-order valence-electron chi connectivity index (χ0n) is 11.4. The number of aryl methyl sites for hydroxylation is 1. The lowest BCUT2D eigenvalue weighted by atomic mass is 10.2. The number of nitrogens with one attached hydrogen (secondary N) is 2. The molecular formula is C15H17ClN4. The maximum Gasteiger partial charge on any atom is 0.225 e. The first kappa shape index (κ1) is 13.2. The Labute approximate surface area is 123 Å². The number of halogens is 1. The molecular weight excluding hydrogens is 272 g/mol. The van der Waals surface area contributed by atoms with Crippen molar-refractivity contribution in [3.63, 3.8) is 0 Å². The number of anilines is 2. The molecule has 1 heterocycles. The van der Waals surface area contributed by atoms with Gasteiger partial charge >= 0.3 is 0 Å². The Morgan fingerprint density at radius 2 is 2.05 bits per heavy atom. The molecule has 1 saturated carbocycles. The predicted molar refractivity (Wildman–Crippen MR) is 82.2 cm³/mol. The molecule has 104 valence electrons. The highest BCUT2D eigenvalue weighted by atomic mass is 35.5. The molecule has 0 radical (unpaired) electrons. The number of rotatable bonds is 5. The van der Waals surface area contributed by atoms with Crippen molar-refractivity contribution in [1.82, 2.24) is 9.97 Å². The van der Waals surface area contributed by atoms with Gasteiger partial charge in [-0.25, -0.2) is 4.98 Å². The third-order valence-electron chi connectivity index (χ3n) is 3.18. The highest BCUT2D eigenvalue weighted by Gasteiger charge is 2.22. The van der Waals surface area contributed by atoms with Crippen LogP contribution in [0.15, 0.2) is 30.3 Å². The fourth-order valence-electron chi connectivity index (χ4n) is 1.96. The Morgan fingerprint density at radius 3 is 2.80 bits per heavy atom. The van der Waals surface area contributed by atoms with Gasteiger partial charge < -0.3 is 10.6 Å². The van der Waals surface area contributed by atoms with Gasteiger partial charge in [0, 0.05) is 29.4 Å². The van der Waals surface area contributed by atoms with Crippen LogP contribution in [0.3, 0.4) is 0 Å². The van der Waals surface area contributed by atoms with E-state index < -0.39 is 0 Å². The van der Waals surface area contributed by atoms with E-state index in [1.54, 1.807) is 0 Å². The molecule has 4 nitrogen and oxygen atoms in total. The molecule has 2 aromatic rings. The molecule has 1 aromatic heterocycles. The van der Waals surface area contributed by atoms with E-state index in [-0.39, 0.29) is 0 Å². The topological polar surface area (TPSA) is 49.8 Å². The van der Waals surface area contributed by atoms with Crippen LogP contribution in [-0.4, -0.2) is 16.0 Å². The monoisotopic (exact) mass is 288 g/mol. The third-order valence-corrected chi connectivity index (χ3v) is 3.55. The van der Waals surface area contributed by atoms with Gasteiger partial charge in [-0.3, -0.25) is 0 Å². The van der Waals surface area contributed by atoms with E-state index in [1.165, 1.54) is 12.8 Å². The van der Waals surface area contributed by atoms with Gasteiger partial charge in [-0.05, 0) is 31.4 Å². The lowest BCUT2D eigenvalue weighted by Crippen LogP contribution is -2.09. The Kier molecular flexibility index (Phi) is 3.74. The number of aromatic nitrogens is 2. The van der Waals surface area contributed by atoms with Crippen LogP contribution < -0.4 is 10.6 Å². The van der Waals surface area contributed by atoms with Gasteiger partial charge in [0.2, 0.25) is 5.95 Å². The smallest absolute Gasteiger partial charge is 0.225 e. The van der Waals surface area contributed by atoms with Crippen LogP contribution in [0.1, 0.15) is 24.1 Å². The summed E-state index contributed by atoms with van der Waals surface area (Å²) in [6.07, 6.45) is 2.42. The zero-order valence-corrected chi connectivity index (χ0v) is 12.1. The summed E-state index contributed by atoms with van der Waals surface area (Å²) in [6.45, 7) is 2.62. The van der Waals surface area contributed by atoms with E-state index in [0.717, 1.165) is 22.1 Å². The van der Waals surface area contributed by atoms with Crippen LogP contribution in [0.25, 0.3) is 0 Å². The Hall–Kier alpha value is -1.81. The molecule has 20 heavy (non-hydrogen) atoms. The SMILES string of the molecule is Cc1cc(NCc2ccccc2Cl)nc(NC2CC2)n1. The molecule has 1 aliphatic rings. The summed E-state index contributed by atoms with van der Waals surface area (Å²) in [5, 5.41) is 7.39. The van der Waals surface area contributed by atoms with Crippen molar-refractivity contribution in [2.75, 3.05) is 10.6 Å². The van der Waals surface area contributed by atoms with E-state index in [1.807, 2.05) is 37.3 Å². The summed E-state index contributed by atoms with van der Waals surface area (Å²) < 4.78 is 0. The second-order valence-electron chi connectivity index (χ2n) is 5.08. The van der Waals surface area contributed by atoms with Gasteiger partial charge in [-0.1, -0.05) is 29.8 Å². The van der Waals surface area contributed by atoms with Gasteiger partial charge in [0.05, 0.1) is 0 Å². The maximum atomic E-state index is 6.15. The van der Waals surface area contributed by atoms with Crippen LogP contribution in [0.2, 0.25) is 5.02 Å². The highest BCUT2D eigenvalue weighted by Crippen LogP contribution is 2.24. The van der Waals surface area contributed by atoms with Crippen molar-refractivity contribution in [1.29, 1.82) is 0 Å². The lowest BCUT2D eigenvalue weighted by molar-refractivity contribution is 1.01. The molecule has 0 spiro atoms. The second kappa shape index (κ2) is 5.67. The number of benzene rings is 1. The van der Waals surface area contributed by atoms with Crippen molar-refractivity contribution >= 4 is 23.4 Å². The average Bonchev–Trinajstić information content (AvgIpc) is 3.21. The first-order valence-corrected chi connectivity index (χ1v) is 7.18. The largest absolute Gasteiger partial charge is 0.366 e. The molecule has 0 amide bonds. The van der Waals surface area contributed by atoms with Crippen LogP contribution in [0.5, 0.6) is 0 Å². The summed E-state index contributed by atoms with van der Waals surface area (Å²) in [4.78, 5) is 8.88. The summed E-state index contributed by atoms with van der Waals surface area (Å²) in [7, 11) is 0. The van der Waals surface area contributed by atoms with E-state index >= 15 is 0 Å². The normalized spacial score (nSPS) is 14.1. The fourth-order valence-corrected chi connectivity index (χ4v) is 2.16. The van der Waals surface area contributed by atoms with Gasteiger partial charge in [0.15, 0.2) is 0 Å². The Bertz CT molecular complexity index is 611. The molecule has 1 aromatic carbocycles. The van der Waals surface area contributed by atoms with E-state index in [2.05, 4.69) is 20.6 Å². The molecule has 0 unspecified atom stereocenters. The van der Waals surface area contributed by atoms with Crippen molar-refractivity contribution in [3.8, 4) is 0 Å². The van der Waals surface area contributed by atoms with Gasteiger partial charge in [-0.15, -0.1) is 0 Å². The van der Waals surface area contributed by atoms with Crippen LogP contribution in [0.4, 0.5) is 11.8 Å². The molecule has 0 aliphatic heterocycles. The van der Waals surface area contributed by atoms with Gasteiger partial charge in [0.25, 0.3) is 0 Å².